The topological polar surface area (TPSA) is 182 Å². The second-order valence-electron chi connectivity index (χ2n) is 12.9. The molecule has 14 nitrogen and oxygen atoms in total. The molecule has 2 aromatic heterocycles. The second-order valence-corrected chi connectivity index (χ2v) is 16.5. The number of fused-ring (bicyclic) bond motifs is 3. The van der Waals surface area contributed by atoms with Crippen molar-refractivity contribution < 1.29 is 35.5 Å². The maximum Gasteiger partial charge on any atom is 0.229 e. The largest absolute Gasteiger partial charge is 0.490 e. The fourth-order valence-electron chi connectivity index (χ4n) is 6.81. The normalized spacial score (nSPS) is 18.0. The Morgan fingerprint density at radius 1 is 1.04 bits per heavy atom. The summed E-state index contributed by atoms with van der Waals surface area (Å²) in [5.74, 6) is -0.0417. The number of carbonyl (C=O) groups excluding carboxylic acids is 1. The minimum absolute atomic E-state index is 0.0502. The fraction of sp³-hybridized carbons (Fsp3) is 0.294. The Kier molecular flexibility index (Phi) is 8.77. The SMILES string of the molecule is Cc1cc(Oc2ccccc2F)ccc1-n1ncc(C(=O)c2cc3cc(OCCN4C[C@H]5C[C@@H](C4)N5S(C)(=O)=O)c(NS(C)(=O)=O)cc3[nH]2)c1N. The lowest BCUT2D eigenvalue weighted by molar-refractivity contribution is -0.0103. The Labute approximate surface area is 294 Å². The maximum absolute atomic E-state index is 14.1. The summed E-state index contributed by atoms with van der Waals surface area (Å²) in [7, 11) is -6.92. The highest BCUT2D eigenvalue weighted by molar-refractivity contribution is 7.92. The lowest BCUT2D eigenvalue weighted by atomic mass is 9.91. The lowest BCUT2D eigenvalue weighted by Gasteiger charge is -2.54. The molecule has 3 saturated heterocycles. The van der Waals surface area contributed by atoms with Crippen LogP contribution in [0.4, 0.5) is 15.9 Å². The van der Waals surface area contributed by atoms with Gasteiger partial charge in [-0.25, -0.2) is 25.9 Å². The Hall–Kier alpha value is -4.97. The smallest absolute Gasteiger partial charge is 0.229 e. The molecule has 0 aliphatic carbocycles. The fourth-order valence-corrected chi connectivity index (χ4v) is 8.75. The van der Waals surface area contributed by atoms with Gasteiger partial charge in [0.2, 0.25) is 25.8 Å². The van der Waals surface area contributed by atoms with Gasteiger partial charge in [0, 0.05) is 42.6 Å². The zero-order chi connectivity index (χ0) is 36.2. The van der Waals surface area contributed by atoms with Crippen LogP contribution in [-0.4, -0.2) is 97.4 Å². The molecule has 0 unspecified atom stereocenters. The van der Waals surface area contributed by atoms with Crippen LogP contribution in [-0.2, 0) is 20.0 Å². The predicted octanol–water partition coefficient (Wildman–Crippen LogP) is 3.88. The zero-order valence-corrected chi connectivity index (χ0v) is 29.6. The number of nitrogens with two attached hydrogens (primary N) is 1. The molecular weight excluding hydrogens is 702 g/mol. The van der Waals surface area contributed by atoms with E-state index in [0.29, 0.717) is 42.0 Å². The van der Waals surface area contributed by atoms with Gasteiger partial charge >= 0.3 is 0 Å². The van der Waals surface area contributed by atoms with Crippen molar-refractivity contribution in [2.75, 3.05) is 49.2 Å². The van der Waals surface area contributed by atoms with E-state index in [0.717, 1.165) is 18.2 Å². The molecule has 0 saturated carbocycles. The average molecular weight is 738 g/mol. The monoisotopic (exact) mass is 737 g/mol. The molecule has 5 heterocycles. The number of piperazine rings is 1. The van der Waals surface area contributed by atoms with Crippen LogP contribution in [0.2, 0.25) is 0 Å². The third kappa shape index (κ3) is 7.01. The summed E-state index contributed by atoms with van der Waals surface area (Å²) in [6.45, 7) is 3.75. The number of aromatic amines is 1. The summed E-state index contributed by atoms with van der Waals surface area (Å²) in [5, 5.41) is 4.96. The first-order valence-electron chi connectivity index (χ1n) is 16.0. The van der Waals surface area contributed by atoms with Crippen molar-refractivity contribution in [3.8, 4) is 22.9 Å². The molecule has 0 amide bonds. The number of anilines is 2. The molecule has 3 aliphatic heterocycles. The molecule has 3 aliphatic rings. The van der Waals surface area contributed by atoms with Crippen molar-refractivity contribution in [1.82, 2.24) is 24.0 Å². The van der Waals surface area contributed by atoms with Gasteiger partial charge in [-0.3, -0.25) is 14.4 Å². The summed E-state index contributed by atoms with van der Waals surface area (Å²) in [4.78, 5) is 18.9. The summed E-state index contributed by atoms with van der Waals surface area (Å²) in [6.07, 6.45) is 4.47. The minimum Gasteiger partial charge on any atom is -0.490 e. The Morgan fingerprint density at radius 2 is 1.78 bits per heavy atom. The van der Waals surface area contributed by atoms with Crippen LogP contribution in [0.15, 0.2) is 66.9 Å². The summed E-state index contributed by atoms with van der Waals surface area (Å²) in [6, 6.07) is 15.9. The highest BCUT2D eigenvalue weighted by Gasteiger charge is 2.49. The molecule has 3 fully saturated rings. The number of nitrogen functional groups attached to an aromatic ring is 1. The second kappa shape index (κ2) is 13.0. The minimum atomic E-state index is -3.68. The number of hydrogen-bond donors (Lipinski definition) is 3. The first-order chi connectivity index (χ1) is 24.1. The maximum atomic E-state index is 14.1. The van der Waals surface area contributed by atoms with Crippen LogP contribution in [0.5, 0.6) is 17.2 Å². The standard InChI is InChI=1S/C34H36FN7O7S2/c1-20-12-24(49-31-7-5-4-6-26(31)35)8-9-30(20)41-34(36)25(17-37-41)33(43)29-13-21-14-32(28(16-27(21)38-29)39-50(2,44)45)48-11-10-40-18-22-15-23(19-40)42(22)51(3,46)47/h4-9,12-14,16-17,22-23,38-39H,10-11,15,18-19,36H2,1-3H3/t22-,23+. The molecule has 17 heteroatoms. The van der Waals surface area contributed by atoms with Gasteiger partial charge in [-0.15, -0.1) is 0 Å². The van der Waals surface area contributed by atoms with E-state index in [1.54, 1.807) is 52.8 Å². The van der Waals surface area contributed by atoms with Crippen molar-refractivity contribution in [3.63, 3.8) is 0 Å². The number of piperidine rings is 1. The van der Waals surface area contributed by atoms with E-state index in [-0.39, 0.29) is 53.0 Å². The van der Waals surface area contributed by atoms with Crippen LogP contribution in [0, 0.1) is 12.7 Å². The van der Waals surface area contributed by atoms with Crippen LogP contribution in [0.1, 0.15) is 28.0 Å². The van der Waals surface area contributed by atoms with Gasteiger partial charge in [0.15, 0.2) is 11.6 Å². The number of ether oxygens (including phenoxy) is 2. The molecular formula is C34H36FN7O7S2. The number of rotatable bonds is 12. The number of halogens is 1. The van der Waals surface area contributed by atoms with Gasteiger partial charge in [-0.1, -0.05) is 12.1 Å². The number of aromatic nitrogens is 3. The Morgan fingerprint density at radius 3 is 2.47 bits per heavy atom. The number of ketones is 1. The number of hydrogen-bond acceptors (Lipinski definition) is 10. The molecule has 268 valence electrons. The van der Waals surface area contributed by atoms with E-state index in [1.165, 1.54) is 29.3 Å². The van der Waals surface area contributed by atoms with E-state index >= 15 is 0 Å². The summed E-state index contributed by atoms with van der Waals surface area (Å²) in [5.41, 5.74) is 8.78. The first-order valence-corrected chi connectivity index (χ1v) is 19.8. The van der Waals surface area contributed by atoms with Crippen LogP contribution in [0.25, 0.3) is 16.6 Å². The molecule has 0 radical (unpaired) electrons. The highest BCUT2D eigenvalue weighted by atomic mass is 32.2. The molecule has 2 atom stereocenters. The van der Waals surface area contributed by atoms with Gasteiger partial charge in [-0.2, -0.15) is 9.40 Å². The highest BCUT2D eigenvalue weighted by Crippen LogP contribution is 2.36. The first kappa shape index (κ1) is 34.5. The average Bonchev–Trinajstić information content (AvgIpc) is 3.63. The van der Waals surface area contributed by atoms with Crippen molar-refractivity contribution >= 4 is 48.2 Å². The van der Waals surface area contributed by atoms with E-state index in [2.05, 4.69) is 19.7 Å². The number of H-pyrrole nitrogens is 1. The van der Waals surface area contributed by atoms with Crippen LogP contribution in [0.3, 0.4) is 0 Å². The van der Waals surface area contributed by atoms with E-state index in [4.69, 9.17) is 15.2 Å². The Balaban J connectivity index is 1.08. The molecule has 51 heavy (non-hydrogen) atoms. The molecule has 4 N–H and O–H groups in total. The van der Waals surface area contributed by atoms with Crippen molar-refractivity contribution in [1.29, 1.82) is 0 Å². The number of aryl methyl sites for hydroxylation is 1. The van der Waals surface area contributed by atoms with Gasteiger partial charge in [0.05, 0.1) is 41.3 Å². The number of nitrogens with zero attached hydrogens (tertiary/aromatic N) is 4. The number of nitrogens with one attached hydrogen (secondary N) is 2. The van der Waals surface area contributed by atoms with E-state index in [9.17, 15) is 26.0 Å². The molecule has 3 aromatic carbocycles. The van der Waals surface area contributed by atoms with Gasteiger partial charge in [0.1, 0.15) is 23.9 Å². The van der Waals surface area contributed by atoms with Gasteiger partial charge in [0.25, 0.3) is 0 Å². The van der Waals surface area contributed by atoms with Crippen molar-refractivity contribution in [2.45, 2.75) is 25.4 Å². The van der Waals surface area contributed by atoms with E-state index < -0.39 is 31.6 Å². The van der Waals surface area contributed by atoms with Crippen LogP contribution >= 0.6 is 0 Å². The molecule has 5 aromatic rings. The van der Waals surface area contributed by atoms with Crippen LogP contribution < -0.4 is 19.9 Å². The number of carbonyl (C=O) groups is 1. The number of para-hydroxylation sites is 1. The zero-order valence-electron chi connectivity index (χ0n) is 28.0. The third-order valence-electron chi connectivity index (χ3n) is 9.02. The van der Waals surface area contributed by atoms with Crippen molar-refractivity contribution in [3.05, 3.63) is 89.5 Å². The third-order valence-corrected chi connectivity index (χ3v) is 11.0. The van der Waals surface area contributed by atoms with E-state index in [1.807, 2.05) is 6.92 Å². The number of sulfonamides is 2. The molecule has 2 bridgehead atoms. The summed E-state index contributed by atoms with van der Waals surface area (Å²) < 4.78 is 79.9. The van der Waals surface area contributed by atoms with Gasteiger partial charge < -0.3 is 20.2 Å². The quantitative estimate of drug-likeness (QED) is 0.159. The molecule has 0 spiro atoms. The number of benzene rings is 3. The predicted molar refractivity (Wildman–Crippen MR) is 190 cm³/mol. The summed E-state index contributed by atoms with van der Waals surface area (Å²) >= 11 is 0. The Bertz CT molecular complexity index is 2380. The van der Waals surface area contributed by atoms with Gasteiger partial charge in [-0.05, 0) is 67.4 Å². The lowest BCUT2D eigenvalue weighted by Crippen LogP contribution is -2.69. The van der Waals surface area contributed by atoms with Crippen molar-refractivity contribution in [2.24, 2.45) is 0 Å². The molecule has 8 rings (SSSR count).